The summed E-state index contributed by atoms with van der Waals surface area (Å²) in [5.41, 5.74) is 0.204. The van der Waals surface area contributed by atoms with Gasteiger partial charge in [-0.15, -0.1) is 0 Å². The van der Waals surface area contributed by atoms with Crippen molar-refractivity contribution in [2.75, 3.05) is 33.0 Å². The van der Waals surface area contributed by atoms with Gasteiger partial charge in [-0.25, -0.2) is 0 Å². The van der Waals surface area contributed by atoms with Gasteiger partial charge in [0.15, 0.2) is 0 Å². The van der Waals surface area contributed by atoms with Gasteiger partial charge in [-0.05, 0) is 19.3 Å². The zero-order valence-corrected chi connectivity index (χ0v) is 12.0. The van der Waals surface area contributed by atoms with Crippen molar-refractivity contribution >= 4 is 0 Å². The van der Waals surface area contributed by atoms with E-state index in [1.165, 1.54) is 0 Å². The molecule has 0 radical (unpaired) electrons. The average molecular weight is 247 g/mol. The first kappa shape index (κ1) is 16.8. The smallest absolute Gasteiger partial charge is 0.0897 e. The van der Waals surface area contributed by atoms with Gasteiger partial charge in [-0.3, -0.25) is 0 Å². The summed E-state index contributed by atoms with van der Waals surface area (Å²) < 4.78 is 10.4. The monoisotopic (exact) mass is 247 g/mol. The highest BCUT2D eigenvalue weighted by Gasteiger charge is 2.20. The first-order chi connectivity index (χ1) is 7.88. The van der Waals surface area contributed by atoms with E-state index in [-0.39, 0.29) is 5.41 Å². The number of hydrogen-bond acceptors (Lipinski definition) is 4. The van der Waals surface area contributed by atoms with E-state index >= 15 is 0 Å². The van der Waals surface area contributed by atoms with E-state index in [9.17, 15) is 5.11 Å². The topological polar surface area (TPSA) is 50.7 Å². The Hall–Kier alpha value is -0.160. The van der Waals surface area contributed by atoms with Gasteiger partial charge < -0.3 is 19.9 Å². The SMILES string of the molecule is CCOCCOCC(O)CNC(C)C(C)(C)C. The van der Waals surface area contributed by atoms with Crippen molar-refractivity contribution in [1.29, 1.82) is 0 Å². The molecule has 0 spiro atoms. The van der Waals surface area contributed by atoms with Crippen molar-refractivity contribution in [3.63, 3.8) is 0 Å². The van der Waals surface area contributed by atoms with Crippen LogP contribution < -0.4 is 5.32 Å². The summed E-state index contributed by atoms with van der Waals surface area (Å²) in [6.45, 7) is 13.4. The maximum Gasteiger partial charge on any atom is 0.0897 e. The van der Waals surface area contributed by atoms with Crippen molar-refractivity contribution < 1.29 is 14.6 Å². The number of ether oxygens (including phenoxy) is 2. The molecule has 0 aliphatic rings. The second-order valence-corrected chi connectivity index (χ2v) is 5.42. The van der Waals surface area contributed by atoms with Crippen LogP contribution in [0, 0.1) is 5.41 Å². The third-order valence-electron chi connectivity index (χ3n) is 2.85. The van der Waals surface area contributed by atoms with Gasteiger partial charge in [0.05, 0.1) is 25.9 Å². The molecule has 0 amide bonds. The Labute approximate surface area is 106 Å². The van der Waals surface area contributed by atoms with Crippen LogP contribution in [-0.4, -0.2) is 50.2 Å². The van der Waals surface area contributed by atoms with Gasteiger partial charge in [-0.2, -0.15) is 0 Å². The summed E-state index contributed by atoms with van der Waals surface area (Å²) >= 11 is 0. The molecule has 0 saturated carbocycles. The van der Waals surface area contributed by atoms with E-state index in [1.54, 1.807) is 0 Å². The van der Waals surface area contributed by atoms with Gasteiger partial charge >= 0.3 is 0 Å². The Morgan fingerprint density at radius 3 is 2.29 bits per heavy atom. The molecule has 0 bridgehead atoms. The third kappa shape index (κ3) is 9.53. The number of aliphatic hydroxyl groups excluding tert-OH is 1. The maximum absolute atomic E-state index is 9.69. The van der Waals surface area contributed by atoms with Crippen LogP contribution in [0.2, 0.25) is 0 Å². The van der Waals surface area contributed by atoms with Crippen molar-refractivity contribution in [3.8, 4) is 0 Å². The normalized spacial score (nSPS) is 15.9. The van der Waals surface area contributed by atoms with Crippen molar-refractivity contribution in [2.24, 2.45) is 5.41 Å². The minimum Gasteiger partial charge on any atom is -0.389 e. The average Bonchev–Trinajstić information content (AvgIpc) is 2.24. The maximum atomic E-state index is 9.69. The Morgan fingerprint density at radius 1 is 1.18 bits per heavy atom. The van der Waals surface area contributed by atoms with E-state index < -0.39 is 6.10 Å². The summed E-state index contributed by atoms with van der Waals surface area (Å²) in [4.78, 5) is 0. The van der Waals surface area contributed by atoms with Gasteiger partial charge in [0.25, 0.3) is 0 Å². The quantitative estimate of drug-likeness (QED) is 0.605. The molecular weight excluding hydrogens is 218 g/mol. The van der Waals surface area contributed by atoms with Crippen LogP contribution in [0.4, 0.5) is 0 Å². The zero-order chi connectivity index (χ0) is 13.3. The number of rotatable bonds is 9. The standard InChI is InChI=1S/C13H29NO3/c1-6-16-7-8-17-10-12(15)9-14-11(2)13(3,4)5/h11-12,14-15H,6-10H2,1-5H3. The molecule has 0 aromatic carbocycles. The Kier molecular flexibility index (Phi) is 8.78. The Morgan fingerprint density at radius 2 is 1.76 bits per heavy atom. The van der Waals surface area contributed by atoms with Gasteiger partial charge in [-0.1, -0.05) is 20.8 Å². The molecule has 17 heavy (non-hydrogen) atoms. The molecule has 0 aliphatic heterocycles. The lowest BCUT2D eigenvalue weighted by atomic mass is 9.88. The van der Waals surface area contributed by atoms with Crippen molar-refractivity contribution in [2.45, 2.75) is 46.8 Å². The second kappa shape index (κ2) is 8.86. The largest absolute Gasteiger partial charge is 0.389 e. The molecule has 0 fully saturated rings. The van der Waals surface area contributed by atoms with Gasteiger partial charge in [0.2, 0.25) is 0 Å². The molecule has 0 aromatic rings. The van der Waals surface area contributed by atoms with Crippen molar-refractivity contribution in [3.05, 3.63) is 0 Å². The minimum absolute atomic E-state index is 0.204. The Balaban J connectivity index is 3.49. The lowest BCUT2D eigenvalue weighted by Gasteiger charge is -2.29. The summed E-state index contributed by atoms with van der Waals surface area (Å²) in [6, 6.07) is 0.362. The lowest BCUT2D eigenvalue weighted by Crippen LogP contribution is -2.42. The molecule has 4 nitrogen and oxygen atoms in total. The lowest BCUT2D eigenvalue weighted by molar-refractivity contribution is 0.00482. The second-order valence-electron chi connectivity index (χ2n) is 5.42. The Bertz CT molecular complexity index is 180. The summed E-state index contributed by atoms with van der Waals surface area (Å²) in [5, 5.41) is 13.0. The molecule has 0 heterocycles. The van der Waals surface area contributed by atoms with Gasteiger partial charge in [0, 0.05) is 19.2 Å². The van der Waals surface area contributed by atoms with E-state index in [4.69, 9.17) is 9.47 Å². The fourth-order valence-electron chi connectivity index (χ4n) is 1.16. The first-order valence-electron chi connectivity index (χ1n) is 6.44. The molecule has 0 aromatic heterocycles. The highest BCUT2D eigenvalue weighted by molar-refractivity contribution is 4.77. The van der Waals surface area contributed by atoms with E-state index in [0.29, 0.717) is 39.0 Å². The molecule has 2 atom stereocenters. The molecular formula is C13H29NO3. The van der Waals surface area contributed by atoms with E-state index in [1.807, 2.05) is 6.92 Å². The molecule has 0 aliphatic carbocycles. The summed E-state index contributed by atoms with van der Waals surface area (Å²) in [5.74, 6) is 0. The van der Waals surface area contributed by atoms with Crippen LogP contribution in [0.25, 0.3) is 0 Å². The number of aliphatic hydroxyl groups is 1. The molecule has 2 N–H and O–H groups in total. The van der Waals surface area contributed by atoms with Crippen LogP contribution in [0.3, 0.4) is 0 Å². The highest BCUT2D eigenvalue weighted by atomic mass is 16.5. The predicted octanol–water partition coefficient (Wildman–Crippen LogP) is 1.42. The number of hydrogen-bond donors (Lipinski definition) is 2. The van der Waals surface area contributed by atoms with E-state index in [2.05, 4.69) is 33.0 Å². The fraction of sp³-hybridized carbons (Fsp3) is 1.00. The molecule has 0 saturated heterocycles. The third-order valence-corrected chi connectivity index (χ3v) is 2.85. The molecule has 4 heteroatoms. The molecule has 2 unspecified atom stereocenters. The zero-order valence-electron chi connectivity index (χ0n) is 12.0. The van der Waals surface area contributed by atoms with E-state index in [0.717, 1.165) is 0 Å². The van der Waals surface area contributed by atoms with Crippen LogP contribution >= 0.6 is 0 Å². The van der Waals surface area contributed by atoms with Gasteiger partial charge in [0.1, 0.15) is 0 Å². The first-order valence-corrected chi connectivity index (χ1v) is 6.44. The summed E-state index contributed by atoms with van der Waals surface area (Å²) in [7, 11) is 0. The predicted molar refractivity (Wildman–Crippen MR) is 70.2 cm³/mol. The van der Waals surface area contributed by atoms with Crippen molar-refractivity contribution in [1.82, 2.24) is 5.32 Å². The van der Waals surface area contributed by atoms with Crippen LogP contribution in [0.15, 0.2) is 0 Å². The minimum atomic E-state index is -0.457. The van der Waals surface area contributed by atoms with Crippen LogP contribution in [0.1, 0.15) is 34.6 Å². The van der Waals surface area contributed by atoms with Crippen LogP contribution in [0.5, 0.6) is 0 Å². The van der Waals surface area contributed by atoms with Crippen LogP contribution in [-0.2, 0) is 9.47 Å². The highest BCUT2D eigenvalue weighted by Crippen LogP contribution is 2.18. The number of nitrogens with one attached hydrogen (secondary N) is 1. The summed E-state index contributed by atoms with van der Waals surface area (Å²) in [6.07, 6.45) is -0.457. The fourth-order valence-corrected chi connectivity index (χ4v) is 1.16. The molecule has 104 valence electrons. The molecule has 0 rings (SSSR count).